The zero-order valence-corrected chi connectivity index (χ0v) is 9.61. The van der Waals surface area contributed by atoms with E-state index in [0.717, 1.165) is 31.5 Å². The van der Waals surface area contributed by atoms with Gasteiger partial charge in [-0.05, 0) is 38.2 Å². The molecule has 0 aromatic carbocycles. The van der Waals surface area contributed by atoms with Gasteiger partial charge in [0.15, 0.2) is 0 Å². The summed E-state index contributed by atoms with van der Waals surface area (Å²) < 4.78 is 1.91. The number of nitrogens with zero attached hydrogens (tertiary/aromatic N) is 2. The van der Waals surface area contributed by atoms with Gasteiger partial charge in [-0.1, -0.05) is 13.3 Å². The highest BCUT2D eigenvalue weighted by molar-refractivity contribution is 5.13. The molecule has 0 amide bonds. The van der Waals surface area contributed by atoms with Crippen molar-refractivity contribution in [1.29, 1.82) is 0 Å². The molecule has 1 N–H and O–H groups in total. The summed E-state index contributed by atoms with van der Waals surface area (Å²) in [6.07, 6.45) is 5.90. The van der Waals surface area contributed by atoms with Crippen LogP contribution in [0.4, 0.5) is 0 Å². The van der Waals surface area contributed by atoms with Gasteiger partial charge in [-0.2, -0.15) is 5.10 Å². The normalized spacial score (nSPS) is 31.8. The van der Waals surface area contributed by atoms with Crippen molar-refractivity contribution in [2.75, 3.05) is 0 Å². The largest absolute Gasteiger partial charge is 0.384 e. The second kappa shape index (κ2) is 3.97. The molecule has 0 bridgehead atoms. The molecule has 0 saturated heterocycles. The fraction of sp³-hybridized carbons (Fsp3) is 0.750. The molecule has 1 aromatic rings. The summed E-state index contributed by atoms with van der Waals surface area (Å²) >= 11 is 0. The Morgan fingerprint density at radius 3 is 3.13 bits per heavy atom. The predicted octanol–water partition coefficient (Wildman–Crippen LogP) is 2.30. The maximum absolute atomic E-state index is 10.7. The van der Waals surface area contributed by atoms with Crippen molar-refractivity contribution in [1.82, 2.24) is 9.78 Å². The van der Waals surface area contributed by atoms with Gasteiger partial charge in [-0.15, -0.1) is 0 Å². The van der Waals surface area contributed by atoms with Crippen LogP contribution >= 0.6 is 0 Å². The monoisotopic (exact) mass is 208 g/mol. The predicted molar refractivity (Wildman–Crippen MR) is 59.4 cm³/mol. The Morgan fingerprint density at radius 2 is 2.47 bits per heavy atom. The van der Waals surface area contributed by atoms with Crippen LogP contribution in [0.3, 0.4) is 0 Å². The minimum absolute atomic E-state index is 0.615. The third-order valence-corrected chi connectivity index (χ3v) is 3.47. The Morgan fingerprint density at radius 1 is 1.67 bits per heavy atom. The lowest BCUT2D eigenvalue weighted by Gasteiger charge is -2.35. The van der Waals surface area contributed by atoms with Crippen LogP contribution in [-0.2, 0) is 12.1 Å². The number of rotatable bonds is 2. The van der Waals surface area contributed by atoms with Crippen LogP contribution in [0.1, 0.15) is 45.2 Å². The van der Waals surface area contributed by atoms with Gasteiger partial charge in [-0.3, -0.25) is 4.68 Å². The summed E-state index contributed by atoms with van der Waals surface area (Å²) in [4.78, 5) is 0. The topological polar surface area (TPSA) is 38.0 Å². The number of aryl methyl sites for hydroxylation is 1. The highest BCUT2D eigenvalue weighted by atomic mass is 16.3. The van der Waals surface area contributed by atoms with Gasteiger partial charge in [0.1, 0.15) is 5.60 Å². The van der Waals surface area contributed by atoms with E-state index in [4.69, 9.17) is 0 Å². The molecule has 1 aliphatic rings. The fourth-order valence-corrected chi connectivity index (χ4v) is 2.74. The SMILES string of the molecule is CCn1nccc1C1(O)CCCC(C)C1. The first-order chi connectivity index (χ1) is 7.15. The van der Waals surface area contributed by atoms with Crippen LogP contribution in [-0.4, -0.2) is 14.9 Å². The lowest BCUT2D eigenvalue weighted by Crippen LogP contribution is -2.34. The van der Waals surface area contributed by atoms with Crippen molar-refractivity contribution < 1.29 is 5.11 Å². The van der Waals surface area contributed by atoms with Crippen molar-refractivity contribution in [3.8, 4) is 0 Å². The average Bonchev–Trinajstić information content (AvgIpc) is 2.65. The molecule has 0 radical (unpaired) electrons. The number of hydrogen-bond acceptors (Lipinski definition) is 2. The van der Waals surface area contributed by atoms with Gasteiger partial charge in [0.2, 0.25) is 0 Å². The highest BCUT2D eigenvalue weighted by Gasteiger charge is 2.36. The van der Waals surface area contributed by atoms with Crippen LogP contribution < -0.4 is 0 Å². The van der Waals surface area contributed by atoms with Crippen molar-refractivity contribution in [2.24, 2.45) is 5.92 Å². The quantitative estimate of drug-likeness (QED) is 0.809. The van der Waals surface area contributed by atoms with E-state index in [1.54, 1.807) is 6.20 Å². The molecule has 1 aliphatic carbocycles. The molecule has 0 aliphatic heterocycles. The average molecular weight is 208 g/mol. The molecule has 3 nitrogen and oxygen atoms in total. The number of aromatic nitrogens is 2. The van der Waals surface area contributed by atoms with E-state index < -0.39 is 5.60 Å². The summed E-state index contributed by atoms with van der Waals surface area (Å²) in [5.41, 5.74) is 0.362. The van der Waals surface area contributed by atoms with E-state index >= 15 is 0 Å². The first kappa shape index (κ1) is 10.7. The van der Waals surface area contributed by atoms with Crippen LogP contribution in [0.15, 0.2) is 12.3 Å². The summed E-state index contributed by atoms with van der Waals surface area (Å²) in [6, 6.07) is 1.96. The minimum atomic E-state index is -0.635. The Labute approximate surface area is 91.1 Å². The van der Waals surface area contributed by atoms with E-state index in [2.05, 4.69) is 18.9 Å². The zero-order valence-electron chi connectivity index (χ0n) is 9.61. The van der Waals surface area contributed by atoms with E-state index in [-0.39, 0.29) is 0 Å². The van der Waals surface area contributed by atoms with E-state index in [0.29, 0.717) is 5.92 Å². The Balaban J connectivity index is 2.27. The minimum Gasteiger partial charge on any atom is -0.384 e. The van der Waals surface area contributed by atoms with E-state index in [1.807, 2.05) is 10.7 Å². The van der Waals surface area contributed by atoms with Crippen LogP contribution in [0.5, 0.6) is 0 Å². The van der Waals surface area contributed by atoms with Gasteiger partial charge < -0.3 is 5.11 Å². The first-order valence-electron chi connectivity index (χ1n) is 5.90. The van der Waals surface area contributed by atoms with E-state index in [9.17, 15) is 5.11 Å². The van der Waals surface area contributed by atoms with E-state index in [1.165, 1.54) is 6.42 Å². The second-order valence-corrected chi connectivity index (χ2v) is 4.77. The third-order valence-electron chi connectivity index (χ3n) is 3.47. The zero-order chi connectivity index (χ0) is 10.9. The van der Waals surface area contributed by atoms with Crippen molar-refractivity contribution in [2.45, 2.75) is 51.7 Å². The maximum Gasteiger partial charge on any atom is 0.106 e. The molecule has 2 atom stereocenters. The molecule has 2 unspecified atom stereocenters. The lowest BCUT2D eigenvalue weighted by atomic mass is 9.77. The second-order valence-electron chi connectivity index (χ2n) is 4.77. The molecule has 1 aromatic heterocycles. The summed E-state index contributed by atoms with van der Waals surface area (Å²) in [7, 11) is 0. The Bertz CT molecular complexity index is 334. The van der Waals surface area contributed by atoms with Gasteiger partial charge in [0.05, 0.1) is 5.69 Å². The molecule has 2 rings (SSSR count). The molecule has 1 fully saturated rings. The third kappa shape index (κ3) is 1.93. The highest BCUT2D eigenvalue weighted by Crippen LogP contribution is 2.39. The molecule has 3 heteroatoms. The standard InChI is InChI=1S/C12H20N2O/c1-3-14-11(6-8-13-14)12(15)7-4-5-10(2)9-12/h6,8,10,15H,3-5,7,9H2,1-2H3. The smallest absolute Gasteiger partial charge is 0.106 e. The van der Waals surface area contributed by atoms with Gasteiger partial charge >= 0.3 is 0 Å². The van der Waals surface area contributed by atoms with Crippen molar-refractivity contribution in [3.05, 3.63) is 18.0 Å². The van der Waals surface area contributed by atoms with Crippen LogP contribution in [0.2, 0.25) is 0 Å². The maximum atomic E-state index is 10.7. The van der Waals surface area contributed by atoms with Gasteiger partial charge in [0.25, 0.3) is 0 Å². The lowest BCUT2D eigenvalue weighted by molar-refractivity contribution is -0.0252. The number of hydrogen-bond donors (Lipinski definition) is 1. The van der Waals surface area contributed by atoms with Gasteiger partial charge in [-0.25, -0.2) is 0 Å². The summed E-state index contributed by atoms with van der Waals surface area (Å²) in [6.45, 7) is 5.11. The van der Waals surface area contributed by atoms with Crippen LogP contribution in [0.25, 0.3) is 0 Å². The first-order valence-corrected chi connectivity index (χ1v) is 5.90. The fourth-order valence-electron chi connectivity index (χ4n) is 2.74. The van der Waals surface area contributed by atoms with Crippen molar-refractivity contribution >= 4 is 0 Å². The molecular weight excluding hydrogens is 188 g/mol. The molecule has 84 valence electrons. The number of aliphatic hydroxyl groups is 1. The van der Waals surface area contributed by atoms with Crippen LogP contribution in [0, 0.1) is 5.92 Å². The Kier molecular flexibility index (Phi) is 2.83. The molecular formula is C12H20N2O. The molecule has 15 heavy (non-hydrogen) atoms. The van der Waals surface area contributed by atoms with Crippen molar-refractivity contribution in [3.63, 3.8) is 0 Å². The Hall–Kier alpha value is -0.830. The van der Waals surface area contributed by atoms with Gasteiger partial charge in [0, 0.05) is 12.7 Å². The molecule has 1 saturated carbocycles. The molecule has 1 heterocycles. The summed E-state index contributed by atoms with van der Waals surface area (Å²) in [5.74, 6) is 0.615. The summed E-state index contributed by atoms with van der Waals surface area (Å²) in [5, 5.41) is 14.9. The molecule has 0 spiro atoms.